The van der Waals surface area contributed by atoms with Gasteiger partial charge in [0.15, 0.2) is 0 Å². The SMILES string of the molecule is O[C@H]1CCCC1c1cccc2ccccc12. The molecule has 1 saturated carbocycles. The Balaban J connectivity index is 2.16. The number of fused-ring (bicyclic) bond motifs is 1. The topological polar surface area (TPSA) is 20.2 Å². The van der Waals surface area contributed by atoms with Crippen molar-refractivity contribution in [1.29, 1.82) is 0 Å². The maximum atomic E-state index is 10.0. The normalized spacial score (nSPS) is 25.1. The van der Waals surface area contributed by atoms with Crippen molar-refractivity contribution in [3.05, 3.63) is 48.0 Å². The lowest BCUT2D eigenvalue weighted by Crippen LogP contribution is -2.11. The summed E-state index contributed by atoms with van der Waals surface area (Å²) in [5, 5.41) is 12.6. The van der Waals surface area contributed by atoms with Gasteiger partial charge in [-0.3, -0.25) is 0 Å². The highest BCUT2D eigenvalue weighted by molar-refractivity contribution is 5.86. The van der Waals surface area contributed by atoms with Gasteiger partial charge in [-0.2, -0.15) is 0 Å². The fraction of sp³-hybridized carbons (Fsp3) is 0.333. The van der Waals surface area contributed by atoms with E-state index >= 15 is 0 Å². The van der Waals surface area contributed by atoms with Crippen LogP contribution < -0.4 is 0 Å². The fourth-order valence-corrected chi connectivity index (χ4v) is 2.88. The molecular weight excluding hydrogens is 196 g/mol. The molecule has 0 aromatic heterocycles. The molecule has 0 bridgehead atoms. The molecule has 0 saturated heterocycles. The lowest BCUT2D eigenvalue weighted by Gasteiger charge is -2.17. The van der Waals surface area contributed by atoms with E-state index in [-0.39, 0.29) is 6.10 Å². The molecule has 1 N–H and O–H groups in total. The summed E-state index contributed by atoms with van der Waals surface area (Å²) < 4.78 is 0. The maximum Gasteiger partial charge on any atom is 0.0608 e. The van der Waals surface area contributed by atoms with Crippen LogP contribution in [0.25, 0.3) is 10.8 Å². The van der Waals surface area contributed by atoms with Crippen LogP contribution in [0.1, 0.15) is 30.7 Å². The summed E-state index contributed by atoms with van der Waals surface area (Å²) in [4.78, 5) is 0. The predicted octanol–water partition coefficient (Wildman–Crippen LogP) is 3.47. The van der Waals surface area contributed by atoms with Crippen LogP contribution in [0.4, 0.5) is 0 Å². The molecule has 1 unspecified atom stereocenters. The van der Waals surface area contributed by atoms with E-state index in [0.29, 0.717) is 5.92 Å². The molecule has 82 valence electrons. The summed E-state index contributed by atoms with van der Waals surface area (Å²) in [5.41, 5.74) is 1.32. The minimum atomic E-state index is -0.147. The summed E-state index contributed by atoms with van der Waals surface area (Å²) in [5.74, 6) is 0.339. The van der Waals surface area contributed by atoms with Gasteiger partial charge in [0.05, 0.1) is 6.10 Å². The zero-order chi connectivity index (χ0) is 11.0. The fourth-order valence-electron chi connectivity index (χ4n) is 2.88. The van der Waals surface area contributed by atoms with Gasteiger partial charge >= 0.3 is 0 Å². The molecule has 1 heteroatoms. The van der Waals surface area contributed by atoms with E-state index in [1.165, 1.54) is 16.3 Å². The van der Waals surface area contributed by atoms with Gasteiger partial charge in [0.25, 0.3) is 0 Å². The highest BCUT2D eigenvalue weighted by atomic mass is 16.3. The molecule has 1 aliphatic rings. The van der Waals surface area contributed by atoms with Gasteiger partial charge in [-0.1, -0.05) is 48.9 Å². The molecular formula is C15H16O. The first-order valence-corrected chi connectivity index (χ1v) is 6.02. The minimum Gasteiger partial charge on any atom is -0.392 e. The van der Waals surface area contributed by atoms with Gasteiger partial charge in [-0.25, -0.2) is 0 Å². The molecule has 0 spiro atoms. The zero-order valence-corrected chi connectivity index (χ0v) is 9.26. The van der Waals surface area contributed by atoms with Crippen LogP contribution in [0, 0.1) is 0 Å². The highest BCUT2D eigenvalue weighted by Crippen LogP contribution is 2.37. The van der Waals surface area contributed by atoms with Crippen LogP contribution in [-0.2, 0) is 0 Å². The van der Waals surface area contributed by atoms with Crippen LogP contribution in [0.2, 0.25) is 0 Å². The summed E-state index contributed by atoms with van der Waals surface area (Å²) in [6.45, 7) is 0. The minimum absolute atomic E-state index is 0.147. The highest BCUT2D eigenvalue weighted by Gasteiger charge is 2.27. The van der Waals surface area contributed by atoms with Crippen LogP contribution in [0.5, 0.6) is 0 Å². The number of aliphatic hydroxyl groups is 1. The standard InChI is InChI=1S/C15H16O/c16-15-10-4-9-14(15)13-8-3-6-11-5-1-2-7-12(11)13/h1-3,5-8,14-16H,4,9-10H2/t14?,15-/m0/s1. The summed E-state index contributed by atoms with van der Waals surface area (Å²) in [6.07, 6.45) is 3.07. The number of hydrogen-bond acceptors (Lipinski definition) is 1. The van der Waals surface area contributed by atoms with E-state index in [0.717, 1.165) is 19.3 Å². The van der Waals surface area contributed by atoms with E-state index in [9.17, 15) is 5.11 Å². The molecule has 3 rings (SSSR count). The maximum absolute atomic E-state index is 10.0. The Morgan fingerprint density at radius 1 is 0.938 bits per heavy atom. The second-order valence-corrected chi connectivity index (χ2v) is 4.67. The molecule has 2 aromatic rings. The largest absolute Gasteiger partial charge is 0.392 e. The molecule has 2 aromatic carbocycles. The quantitative estimate of drug-likeness (QED) is 0.767. The van der Waals surface area contributed by atoms with Crippen LogP contribution >= 0.6 is 0 Å². The first kappa shape index (κ1) is 9.86. The lowest BCUT2D eigenvalue weighted by molar-refractivity contribution is 0.164. The van der Waals surface area contributed by atoms with Crippen molar-refractivity contribution in [2.75, 3.05) is 0 Å². The zero-order valence-electron chi connectivity index (χ0n) is 9.26. The molecule has 0 aliphatic heterocycles. The molecule has 0 amide bonds. The molecule has 16 heavy (non-hydrogen) atoms. The first-order chi connectivity index (χ1) is 7.86. The van der Waals surface area contributed by atoms with Crippen molar-refractivity contribution >= 4 is 10.8 Å². The number of aliphatic hydroxyl groups excluding tert-OH is 1. The Labute approximate surface area is 95.7 Å². The summed E-state index contributed by atoms with van der Waals surface area (Å²) >= 11 is 0. The third-order valence-corrected chi connectivity index (χ3v) is 3.70. The van der Waals surface area contributed by atoms with E-state index in [1.807, 2.05) is 0 Å². The van der Waals surface area contributed by atoms with Gasteiger partial charge in [-0.15, -0.1) is 0 Å². The Kier molecular flexibility index (Phi) is 2.41. The third kappa shape index (κ3) is 1.52. The molecule has 0 heterocycles. The number of rotatable bonds is 1. The van der Waals surface area contributed by atoms with Crippen molar-refractivity contribution in [3.8, 4) is 0 Å². The van der Waals surface area contributed by atoms with Gasteiger partial charge in [-0.05, 0) is 29.2 Å². The van der Waals surface area contributed by atoms with Gasteiger partial charge < -0.3 is 5.11 Å². The molecule has 2 atom stereocenters. The van der Waals surface area contributed by atoms with E-state index < -0.39 is 0 Å². The van der Waals surface area contributed by atoms with E-state index in [2.05, 4.69) is 42.5 Å². The predicted molar refractivity (Wildman–Crippen MR) is 66.5 cm³/mol. The van der Waals surface area contributed by atoms with Gasteiger partial charge in [0.1, 0.15) is 0 Å². The molecule has 1 aliphatic carbocycles. The van der Waals surface area contributed by atoms with Crippen LogP contribution in [0.3, 0.4) is 0 Å². The molecule has 1 nitrogen and oxygen atoms in total. The molecule has 0 radical (unpaired) electrons. The van der Waals surface area contributed by atoms with Crippen molar-refractivity contribution in [2.24, 2.45) is 0 Å². The Hall–Kier alpha value is -1.34. The second-order valence-electron chi connectivity index (χ2n) is 4.67. The lowest BCUT2D eigenvalue weighted by atomic mass is 9.91. The number of benzene rings is 2. The van der Waals surface area contributed by atoms with Crippen LogP contribution in [0.15, 0.2) is 42.5 Å². The first-order valence-electron chi connectivity index (χ1n) is 6.02. The van der Waals surface area contributed by atoms with Crippen LogP contribution in [-0.4, -0.2) is 11.2 Å². The van der Waals surface area contributed by atoms with E-state index in [1.54, 1.807) is 0 Å². The average Bonchev–Trinajstić information content (AvgIpc) is 2.75. The van der Waals surface area contributed by atoms with Gasteiger partial charge in [0, 0.05) is 5.92 Å². The molecule has 1 fully saturated rings. The van der Waals surface area contributed by atoms with Crippen molar-refractivity contribution in [3.63, 3.8) is 0 Å². The van der Waals surface area contributed by atoms with Gasteiger partial charge in [0.2, 0.25) is 0 Å². The Bertz CT molecular complexity index is 498. The van der Waals surface area contributed by atoms with Crippen molar-refractivity contribution in [2.45, 2.75) is 31.3 Å². The Morgan fingerprint density at radius 3 is 2.56 bits per heavy atom. The third-order valence-electron chi connectivity index (χ3n) is 3.70. The number of hydrogen-bond donors (Lipinski definition) is 1. The monoisotopic (exact) mass is 212 g/mol. The summed E-state index contributed by atoms with van der Waals surface area (Å²) in [7, 11) is 0. The summed E-state index contributed by atoms with van der Waals surface area (Å²) in [6, 6.07) is 14.9. The average molecular weight is 212 g/mol. The van der Waals surface area contributed by atoms with Crippen molar-refractivity contribution in [1.82, 2.24) is 0 Å². The van der Waals surface area contributed by atoms with Crippen molar-refractivity contribution < 1.29 is 5.11 Å². The smallest absolute Gasteiger partial charge is 0.0608 e. The second kappa shape index (κ2) is 3.91. The van der Waals surface area contributed by atoms with E-state index in [4.69, 9.17) is 0 Å². The Morgan fingerprint density at radius 2 is 1.75 bits per heavy atom.